The van der Waals surface area contributed by atoms with E-state index in [9.17, 15) is 9.59 Å². The molecule has 107 valence electrons. The normalized spacial score (nSPS) is 32.0. The third-order valence-corrected chi connectivity index (χ3v) is 4.59. The van der Waals surface area contributed by atoms with Crippen LogP contribution in [-0.2, 0) is 9.59 Å². The highest BCUT2D eigenvalue weighted by atomic mass is 16.2. The highest BCUT2D eigenvalue weighted by molar-refractivity contribution is 5.86. The topological polar surface area (TPSA) is 75.4 Å². The lowest BCUT2D eigenvalue weighted by atomic mass is 9.97. The van der Waals surface area contributed by atoms with E-state index in [-0.39, 0.29) is 23.8 Å². The number of carbonyl (C=O) groups excluding carboxylic acids is 2. The lowest BCUT2D eigenvalue weighted by molar-refractivity contribution is -0.121. The van der Waals surface area contributed by atoms with Gasteiger partial charge in [0.15, 0.2) is 0 Å². The maximum Gasteiger partial charge on any atom is 0.224 e. The van der Waals surface area contributed by atoms with Gasteiger partial charge in [-0.05, 0) is 39.2 Å². The first-order valence-electron chi connectivity index (χ1n) is 7.12. The van der Waals surface area contributed by atoms with Gasteiger partial charge in [-0.3, -0.25) is 9.59 Å². The third-order valence-electron chi connectivity index (χ3n) is 4.59. The highest BCUT2D eigenvalue weighted by Crippen LogP contribution is 2.34. The van der Waals surface area contributed by atoms with Gasteiger partial charge < -0.3 is 16.0 Å². The number of primary amides is 1. The predicted molar refractivity (Wildman–Crippen MR) is 73.0 cm³/mol. The number of nitrogens with zero attached hydrogens (tertiary/aromatic N) is 1. The van der Waals surface area contributed by atoms with Crippen LogP contribution < -0.4 is 11.1 Å². The minimum Gasteiger partial charge on any atom is -0.369 e. The van der Waals surface area contributed by atoms with Crippen molar-refractivity contribution in [3.8, 4) is 0 Å². The van der Waals surface area contributed by atoms with E-state index in [1.54, 1.807) is 13.3 Å². The molecule has 2 amide bonds. The molecule has 2 fully saturated rings. The van der Waals surface area contributed by atoms with Crippen molar-refractivity contribution in [3.63, 3.8) is 0 Å². The van der Waals surface area contributed by atoms with Gasteiger partial charge in [0.2, 0.25) is 11.8 Å². The molecule has 4 atom stereocenters. The molecule has 0 aromatic carbocycles. The Morgan fingerprint density at radius 1 is 1.37 bits per heavy atom. The Hall–Kier alpha value is -1.10. The number of hydrogen-bond acceptors (Lipinski definition) is 3. The molecule has 2 unspecified atom stereocenters. The summed E-state index contributed by atoms with van der Waals surface area (Å²) in [6.45, 7) is 1.74. The van der Waals surface area contributed by atoms with Gasteiger partial charge in [-0.2, -0.15) is 0 Å². The van der Waals surface area contributed by atoms with Crippen LogP contribution in [0.3, 0.4) is 0 Å². The quantitative estimate of drug-likeness (QED) is 0.758. The Bertz CT molecular complexity index is 345. The van der Waals surface area contributed by atoms with Gasteiger partial charge in [0.1, 0.15) is 0 Å². The minimum atomic E-state index is -0.360. The Balaban J connectivity index is 1.73. The van der Waals surface area contributed by atoms with Crippen LogP contribution in [0.1, 0.15) is 39.0 Å². The second-order valence-electron chi connectivity index (χ2n) is 5.97. The van der Waals surface area contributed by atoms with E-state index in [1.165, 1.54) is 12.8 Å². The number of nitrogens with one attached hydrogen (secondary N) is 1. The summed E-state index contributed by atoms with van der Waals surface area (Å²) in [6, 6.07) is 1.52. The second kappa shape index (κ2) is 5.90. The largest absolute Gasteiger partial charge is 0.369 e. The Kier molecular flexibility index (Phi) is 4.45. The van der Waals surface area contributed by atoms with Crippen LogP contribution in [0, 0.1) is 12.3 Å². The number of hydrogen-bond donors (Lipinski definition) is 2. The Labute approximate surface area is 114 Å². The average molecular weight is 266 g/mol. The van der Waals surface area contributed by atoms with Crippen molar-refractivity contribution in [3.05, 3.63) is 6.42 Å². The summed E-state index contributed by atoms with van der Waals surface area (Å²) in [4.78, 5) is 25.2. The van der Waals surface area contributed by atoms with E-state index in [2.05, 4.69) is 17.3 Å². The Morgan fingerprint density at radius 2 is 1.95 bits per heavy atom. The molecule has 2 bridgehead atoms. The van der Waals surface area contributed by atoms with Gasteiger partial charge in [-0.1, -0.05) is 6.92 Å². The maximum absolute atomic E-state index is 11.8. The number of piperidine rings is 1. The van der Waals surface area contributed by atoms with Crippen molar-refractivity contribution in [2.45, 2.75) is 57.2 Å². The molecule has 1 radical (unpaired) electrons. The van der Waals surface area contributed by atoms with E-state index in [0.29, 0.717) is 18.5 Å². The van der Waals surface area contributed by atoms with Crippen LogP contribution in [0.15, 0.2) is 0 Å². The molecule has 3 N–H and O–H groups in total. The maximum atomic E-state index is 11.8. The van der Waals surface area contributed by atoms with Crippen LogP contribution in [0.4, 0.5) is 0 Å². The SMILES string of the molecule is CC(C[CH]C(=O)N[C@@H]1CC2CC[C@@H](C1)N2C)C(N)=O. The third kappa shape index (κ3) is 3.47. The van der Waals surface area contributed by atoms with Crippen molar-refractivity contribution in [1.82, 2.24) is 10.2 Å². The summed E-state index contributed by atoms with van der Waals surface area (Å²) in [5.41, 5.74) is 5.17. The fourth-order valence-electron chi connectivity index (χ4n) is 3.19. The fourth-order valence-corrected chi connectivity index (χ4v) is 3.19. The number of nitrogens with two attached hydrogens (primary N) is 1. The molecule has 19 heavy (non-hydrogen) atoms. The summed E-state index contributed by atoms with van der Waals surface area (Å²) in [5, 5.41) is 3.06. The Morgan fingerprint density at radius 3 is 2.47 bits per heavy atom. The molecule has 0 aromatic rings. The lowest BCUT2D eigenvalue weighted by Gasteiger charge is -2.36. The van der Waals surface area contributed by atoms with Crippen LogP contribution in [0.2, 0.25) is 0 Å². The summed E-state index contributed by atoms with van der Waals surface area (Å²) in [5.74, 6) is -0.706. The van der Waals surface area contributed by atoms with Crippen LogP contribution in [0.25, 0.3) is 0 Å². The zero-order valence-corrected chi connectivity index (χ0v) is 11.8. The molecule has 2 aliphatic rings. The van der Waals surface area contributed by atoms with Crippen molar-refractivity contribution in [2.24, 2.45) is 11.7 Å². The molecule has 5 heteroatoms. The summed E-state index contributed by atoms with van der Waals surface area (Å²) < 4.78 is 0. The number of fused-ring (bicyclic) bond motifs is 2. The van der Waals surface area contributed by atoms with Crippen LogP contribution in [0.5, 0.6) is 0 Å². The smallest absolute Gasteiger partial charge is 0.224 e. The lowest BCUT2D eigenvalue weighted by Crippen LogP contribution is -2.48. The van der Waals surface area contributed by atoms with E-state index >= 15 is 0 Å². The highest BCUT2D eigenvalue weighted by Gasteiger charge is 2.38. The molecular weight excluding hydrogens is 242 g/mol. The van der Waals surface area contributed by atoms with Gasteiger partial charge in [0.05, 0.1) is 6.42 Å². The zero-order chi connectivity index (χ0) is 14.0. The van der Waals surface area contributed by atoms with E-state index in [1.807, 2.05) is 0 Å². The molecule has 5 nitrogen and oxygen atoms in total. The molecule has 0 aliphatic carbocycles. The number of carbonyl (C=O) groups is 2. The molecule has 0 aromatic heterocycles. The van der Waals surface area contributed by atoms with Gasteiger partial charge >= 0.3 is 0 Å². The number of rotatable bonds is 5. The van der Waals surface area contributed by atoms with Crippen molar-refractivity contribution in [2.75, 3.05) is 7.05 Å². The molecule has 2 rings (SSSR count). The standard InChI is InChI=1S/C14H24N3O2/c1-9(14(15)19)3-6-13(18)16-10-7-11-4-5-12(8-10)17(11)2/h6,9-12H,3-5,7-8H2,1-2H3,(H2,15,19)(H,16,18)/t9?,10-,11-,12?/m0/s1. The van der Waals surface area contributed by atoms with Gasteiger partial charge in [0.25, 0.3) is 0 Å². The predicted octanol–water partition coefficient (Wildman–Crippen LogP) is 0.444. The van der Waals surface area contributed by atoms with E-state index in [0.717, 1.165) is 12.8 Å². The summed E-state index contributed by atoms with van der Waals surface area (Å²) in [6.07, 6.45) is 6.54. The van der Waals surface area contributed by atoms with Crippen molar-refractivity contribution >= 4 is 11.8 Å². The first-order chi connectivity index (χ1) is 8.97. The molecular formula is C14H24N3O2. The molecule has 2 heterocycles. The van der Waals surface area contributed by atoms with Gasteiger partial charge in [-0.15, -0.1) is 0 Å². The first-order valence-corrected chi connectivity index (χ1v) is 7.12. The molecule has 0 saturated carbocycles. The summed E-state index contributed by atoms with van der Waals surface area (Å²) in [7, 11) is 2.18. The summed E-state index contributed by atoms with van der Waals surface area (Å²) >= 11 is 0. The zero-order valence-electron chi connectivity index (χ0n) is 11.8. The van der Waals surface area contributed by atoms with E-state index < -0.39 is 0 Å². The monoisotopic (exact) mass is 266 g/mol. The first kappa shape index (κ1) is 14.3. The minimum absolute atomic E-state index is 0.0675. The number of amides is 2. The van der Waals surface area contributed by atoms with Gasteiger partial charge in [-0.25, -0.2) is 0 Å². The van der Waals surface area contributed by atoms with E-state index in [4.69, 9.17) is 5.73 Å². The average Bonchev–Trinajstić information content (AvgIpc) is 2.59. The fraction of sp³-hybridized carbons (Fsp3) is 0.786. The molecule has 2 saturated heterocycles. The van der Waals surface area contributed by atoms with Crippen LogP contribution >= 0.6 is 0 Å². The van der Waals surface area contributed by atoms with Crippen molar-refractivity contribution in [1.29, 1.82) is 0 Å². The van der Waals surface area contributed by atoms with Crippen molar-refractivity contribution < 1.29 is 9.59 Å². The molecule has 0 spiro atoms. The van der Waals surface area contributed by atoms with Crippen LogP contribution in [-0.4, -0.2) is 41.9 Å². The van der Waals surface area contributed by atoms with Gasteiger partial charge in [0, 0.05) is 24.0 Å². The second-order valence-corrected chi connectivity index (χ2v) is 5.97. The molecule has 2 aliphatic heterocycles.